The van der Waals surface area contributed by atoms with Crippen LogP contribution in [0.1, 0.15) is 32.8 Å². The van der Waals surface area contributed by atoms with Crippen molar-refractivity contribution in [1.82, 2.24) is 5.32 Å². The smallest absolute Gasteiger partial charge is 0.137 e. The number of benzene rings is 1. The minimum Gasteiger partial charge on any atom is -0.495 e. The number of rotatable bonds is 5. The number of hydrogen-bond donors (Lipinski definition) is 1. The Bertz CT molecular complexity index is 400. The molecule has 0 heterocycles. The van der Waals surface area contributed by atoms with Crippen LogP contribution in [0.15, 0.2) is 21.1 Å². The molecule has 0 saturated heterocycles. The van der Waals surface area contributed by atoms with Gasteiger partial charge >= 0.3 is 0 Å². The molecular formula is C14H21Br2NO. The maximum absolute atomic E-state index is 5.42. The molecule has 1 aromatic carbocycles. The second-order valence-electron chi connectivity index (χ2n) is 5.57. The van der Waals surface area contributed by atoms with Crippen molar-refractivity contribution in [2.45, 2.75) is 33.7 Å². The monoisotopic (exact) mass is 377 g/mol. The second-order valence-corrected chi connectivity index (χ2v) is 7.34. The van der Waals surface area contributed by atoms with Gasteiger partial charge in [0.25, 0.3) is 0 Å². The fraction of sp³-hybridized carbons (Fsp3) is 0.571. The van der Waals surface area contributed by atoms with Crippen LogP contribution in [-0.2, 0) is 6.54 Å². The van der Waals surface area contributed by atoms with Gasteiger partial charge in [-0.25, -0.2) is 0 Å². The van der Waals surface area contributed by atoms with Crippen molar-refractivity contribution in [2.24, 2.45) is 5.41 Å². The molecule has 102 valence electrons. The van der Waals surface area contributed by atoms with E-state index < -0.39 is 0 Å². The summed E-state index contributed by atoms with van der Waals surface area (Å²) in [6.07, 6.45) is 1.16. The van der Waals surface area contributed by atoms with Crippen LogP contribution in [0.2, 0.25) is 0 Å². The molecule has 0 aliphatic heterocycles. The highest BCUT2D eigenvalue weighted by atomic mass is 79.9. The molecule has 0 fully saturated rings. The molecular weight excluding hydrogens is 358 g/mol. The first-order valence-electron chi connectivity index (χ1n) is 6.06. The number of halogens is 2. The summed E-state index contributed by atoms with van der Waals surface area (Å²) in [6.45, 7) is 8.59. The van der Waals surface area contributed by atoms with Crippen LogP contribution < -0.4 is 10.1 Å². The molecule has 0 amide bonds. The van der Waals surface area contributed by atoms with Crippen molar-refractivity contribution < 1.29 is 4.74 Å². The third-order valence-corrected chi connectivity index (χ3v) is 3.70. The predicted molar refractivity (Wildman–Crippen MR) is 84.2 cm³/mol. The maximum atomic E-state index is 5.42. The van der Waals surface area contributed by atoms with Crippen molar-refractivity contribution in [3.63, 3.8) is 0 Å². The van der Waals surface area contributed by atoms with Crippen molar-refractivity contribution in [1.29, 1.82) is 0 Å². The molecule has 18 heavy (non-hydrogen) atoms. The number of nitrogens with one attached hydrogen (secondary N) is 1. The summed E-state index contributed by atoms with van der Waals surface area (Å²) >= 11 is 7.02. The first-order valence-corrected chi connectivity index (χ1v) is 7.65. The van der Waals surface area contributed by atoms with Gasteiger partial charge in [0, 0.05) is 16.6 Å². The van der Waals surface area contributed by atoms with Crippen LogP contribution >= 0.6 is 31.9 Å². The lowest BCUT2D eigenvalue weighted by molar-refractivity contribution is 0.364. The summed E-state index contributed by atoms with van der Waals surface area (Å²) in [7, 11) is 1.70. The van der Waals surface area contributed by atoms with E-state index in [1.165, 1.54) is 0 Å². The van der Waals surface area contributed by atoms with Crippen molar-refractivity contribution in [3.05, 3.63) is 26.6 Å². The Labute approximate surface area is 127 Å². The summed E-state index contributed by atoms with van der Waals surface area (Å²) in [5, 5.41) is 3.47. The second kappa shape index (κ2) is 6.92. The molecule has 0 unspecified atom stereocenters. The van der Waals surface area contributed by atoms with E-state index in [2.05, 4.69) is 64.0 Å². The lowest BCUT2D eigenvalue weighted by atomic mass is 9.92. The average molecular weight is 379 g/mol. The Hall–Kier alpha value is -0.0600. The van der Waals surface area contributed by atoms with Crippen LogP contribution in [0.25, 0.3) is 0 Å². The topological polar surface area (TPSA) is 21.3 Å². The highest BCUT2D eigenvalue weighted by Gasteiger charge is 2.11. The first-order chi connectivity index (χ1) is 8.33. The molecule has 0 aliphatic rings. The van der Waals surface area contributed by atoms with E-state index in [9.17, 15) is 0 Å². The van der Waals surface area contributed by atoms with Gasteiger partial charge < -0.3 is 10.1 Å². The van der Waals surface area contributed by atoms with Gasteiger partial charge in [-0.3, -0.25) is 0 Å². The van der Waals surface area contributed by atoms with Crippen molar-refractivity contribution >= 4 is 31.9 Å². The Morgan fingerprint density at radius 2 is 1.89 bits per heavy atom. The molecule has 1 aromatic rings. The third kappa shape index (κ3) is 5.29. The Morgan fingerprint density at radius 1 is 1.22 bits per heavy atom. The standard InChI is InChI=1S/C14H21Br2NO/c1-14(2,3)5-6-17-9-10-7-11(15)8-12(16)13(10)18-4/h7-8,17H,5-6,9H2,1-4H3. The predicted octanol–water partition coefficient (Wildman–Crippen LogP) is 4.75. The number of methoxy groups -OCH3 is 1. The lowest BCUT2D eigenvalue weighted by Crippen LogP contribution is -2.20. The first kappa shape index (κ1) is 16.0. The minimum absolute atomic E-state index is 0.370. The van der Waals surface area contributed by atoms with E-state index in [1.807, 2.05) is 6.07 Å². The van der Waals surface area contributed by atoms with E-state index in [4.69, 9.17) is 4.74 Å². The summed E-state index contributed by atoms with van der Waals surface area (Å²) < 4.78 is 7.46. The van der Waals surface area contributed by atoms with Gasteiger partial charge in [0.2, 0.25) is 0 Å². The normalized spacial score (nSPS) is 11.7. The van der Waals surface area contributed by atoms with Gasteiger partial charge in [0.15, 0.2) is 0 Å². The highest BCUT2D eigenvalue weighted by molar-refractivity contribution is 9.11. The van der Waals surface area contributed by atoms with Crippen LogP contribution in [-0.4, -0.2) is 13.7 Å². The van der Waals surface area contributed by atoms with E-state index in [0.29, 0.717) is 5.41 Å². The molecule has 0 radical (unpaired) electrons. The van der Waals surface area contributed by atoms with E-state index in [1.54, 1.807) is 7.11 Å². The van der Waals surface area contributed by atoms with Crippen LogP contribution in [0.5, 0.6) is 5.75 Å². The van der Waals surface area contributed by atoms with Crippen LogP contribution in [0, 0.1) is 5.41 Å². The van der Waals surface area contributed by atoms with Crippen molar-refractivity contribution in [3.8, 4) is 5.75 Å². The van der Waals surface area contributed by atoms with Gasteiger partial charge in [-0.2, -0.15) is 0 Å². The molecule has 0 aliphatic carbocycles. The Kier molecular flexibility index (Phi) is 6.15. The Balaban J connectivity index is 2.61. The molecule has 1 N–H and O–H groups in total. The van der Waals surface area contributed by atoms with Gasteiger partial charge in [0.1, 0.15) is 5.75 Å². The molecule has 0 bridgehead atoms. The zero-order chi connectivity index (χ0) is 13.8. The van der Waals surface area contributed by atoms with E-state index >= 15 is 0 Å². The van der Waals surface area contributed by atoms with Crippen LogP contribution in [0.3, 0.4) is 0 Å². The van der Waals surface area contributed by atoms with Crippen LogP contribution in [0.4, 0.5) is 0 Å². The molecule has 0 atom stereocenters. The fourth-order valence-corrected chi connectivity index (χ4v) is 3.14. The van der Waals surface area contributed by atoms with Gasteiger partial charge in [0.05, 0.1) is 11.6 Å². The zero-order valence-corrected chi connectivity index (χ0v) is 14.6. The average Bonchev–Trinajstić information content (AvgIpc) is 2.22. The summed E-state index contributed by atoms with van der Waals surface area (Å²) in [5.41, 5.74) is 1.53. The zero-order valence-electron chi connectivity index (χ0n) is 11.4. The summed E-state index contributed by atoms with van der Waals surface area (Å²) in [5.74, 6) is 0.904. The molecule has 4 heteroatoms. The maximum Gasteiger partial charge on any atom is 0.137 e. The third-order valence-electron chi connectivity index (χ3n) is 2.66. The lowest BCUT2D eigenvalue weighted by Gasteiger charge is -2.18. The quantitative estimate of drug-likeness (QED) is 0.746. The molecule has 0 aromatic heterocycles. The largest absolute Gasteiger partial charge is 0.495 e. The van der Waals surface area contributed by atoms with E-state index in [-0.39, 0.29) is 0 Å². The van der Waals surface area contributed by atoms with Gasteiger partial charge in [-0.1, -0.05) is 36.7 Å². The SMILES string of the molecule is COc1c(Br)cc(Br)cc1CNCCC(C)(C)C. The highest BCUT2D eigenvalue weighted by Crippen LogP contribution is 2.32. The fourth-order valence-electron chi connectivity index (χ4n) is 1.66. The summed E-state index contributed by atoms with van der Waals surface area (Å²) in [4.78, 5) is 0. The van der Waals surface area contributed by atoms with E-state index in [0.717, 1.165) is 39.8 Å². The Morgan fingerprint density at radius 3 is 2.44 bits per heavy atom. The molecule has 0 spiro atoms. The summed E-state index contributed by atoms with van der Waals surface area (Å²) in [6, 6.07) is 4.09. The van der Waals surface area contributed by atoms with Gasteiger partial charge in [-0.05, 0) is 46.4 Å². The minimum atomic E-state index is 0.370. The number of hydrogen-bond acceptors (Lipinski definition) is 2. The molecule has 1 rings (SSSR count). The van der Waals surface area contributed by atoms with Gasteiger partial charge in [-0.15, -0.1) is 0 Å². The molecule has 0 saturated carbocycles. The molecule has 2 nitrogen and oxygen atoms in total. The number of ether oxygens (including phenoxy) is 1. The van der Waals surface area contributed by atoms with Crippen molar-refractivity contribution in [2.75, 3.05) is 13.7 Å².